The highest BCUT2D eigenvalue weighted by Crippen LogP contribution is 2.35. The third-order valence-electron chi connectivity index (χ3n) is 5.70. The van der Waals surface area contributed by atoms with Gasteiger partial charge >= 0.3 is 0 Å². The molecule has 1 aliphatic heterocycles. The zero-order chi connectivity index (χ0) is 18.8. The molecule has 5 heteroatoms. The fourth-order valence-corrected chi connectivity index (χ4v) is 4.28. The molecule has 1 heterocycles. The Morgan fingerprint density at radius 2 is 2.04 bits per heavy atom. The van der Waals surface area contributed by atoms with Crippen LogP contribution in [-0.4, -0.2) is 24.0 Å². The van der Waals surface area contributed by atoms with Crippen LogP contribution in [0.25, 0.3) is 11.1 Å². The summed E-state index contributed by atoms with van der Waals surface area (Å²) in [4.78, 5) is 12.5. The number of carbonyl (C=O) groups is 1. The number of nitriles is 1. The maximum atomic E-state index is 14.6. The number of hydrogen-bond acceptors (Lipinski definition) is 3. The van der Waals surface area contributed by atoms with Crippen LogP contribution in [0.4, 0.5) is 4.39 Å². The van der Waals surface area contributed by atoms with Gasteiger partial charge in [-0.2, -0.15) is 5.26 Å². The van der Waals surface area contributed by atoms with Crippen LogP contribution in [0, 0.1) is 23.1 Å². The zero-order valence-electron chi connectivity index (χ0n) is 15.0. The monoisotopic (exact) mass is 363 g/mol. The first-order valence-corrected chi connectivity index (χ1v) is 9.44. The van der Waals surface area contributed by atoms with E-state index in [-0.39, 0.29) is 24.2 Å². The lowest BCUT2D eigenvalue weighted by atomic mass is 9.98. The van der Waals surface area contributed by atoms with Crippen LogP contribution >= 0.6 is 0 Å². The van der Waals surface area contributed by atoms with Crippen LogP contribution < -0.4 is 10.6 Å². The third-order valence-corrected chi connectivity index (χ3v) is 5.70. The van der Waals surface area contributed by atoms with Gasteiger partial charge < -0.3 is 10.6 Å². The highest BCUT2D eigenvalue weighted by Gasteiger charge is 2.43. The fraction of sp³-hybridized carbons (Fsp3) is 0.364. The van der Waals surface area contributed by atoms with E-state index in [1.54, 1.807) is 6.07 Å². The summed E-state index contributed by atoms with van der Waals surface area (Å²) in [6, 6.07) is 16.2. The topological polar surface area (TPSA) is 64.9 Å². The van der Waals surface area contributed by atoms with Crippen LogP contribution in [0.1, 0.15) is 24.8 Å². The van der Waals surface area contributed by atoms with Gasteiger partial charge in [0.25, 0.3) is 0 Å². The second-order valence-electron chi connectivity index (χ2n) is 7.48. The molecule has 1 aliphatic carbocycles. The number of halogens is 1. The van der Waals surface area contributed by atoms with E-state index in [0.29, 0.717) is 17.5 Å². The summed E-state index contributed by atoms with van der Waals surface area (Å²) in [6.45, 7) is 0. The predicted octanol–water partition coefficient (Wildman–Crippen LogP) is 3.18. The van der Waals surface area contributed by atoms with Crippen molar-refractivity contribution >= 4 is 5.91 Å². The third kappa shape index (κ3) is 3.72. The molecule has 27 heavy (non-hydrogen) atoms. The van der Waals surface area contributed by atoms with E-state index >= 15 is 0 Å². The Balaban J connectivity index is 1.42. The number of nitrogens with one attached hydrogen (secondary N) is 2. The van der Waals surface area contributed by atoms with Gasteiger partial charge in [-0.15, -0.1) is 0 Å². The summed E-state index contributed by atoms with van der Waals surface area (Å²) in [5, 5.41) is 15.5. The lowest BCUT2D eigenvalue weighted by Gasteiger charge is -2.23. The molecular formula is C22H22FN3O. The Hall–Kier alpha value is -2.71. The van der Waals surface area contributed by atoms with Crippen molar-refractivity contribution in [3.05, 3.63) is 59.9 Å². The van der Waals surface area contributed by atoms with Gasteiger partial charge in [0.15, 0.2) is 0 Å². The maximum Gasteiger partial charge on any atom is 0.238 e. The molecule has 2 aromatic carbocycles. The minimum absolute atomic E-state index is 0.143. The summed E-state index contributed by atoms with van der Waals surface area (Å²) in [7, 11) is 0. The Morgan fingerprint density at radius 1 is 1.22 bits per heavy atom. The lowest BCUT2D eigenvalue weighted by Crippen LogP contribution is -2.50. The Morgan fingerprint density at radius 3 is 2.67 bits per heavy atom. The van der Waals surface area contributed by atoms with Gasteiger partial charge in [-0.25, -0.2) is 4.39 Å². The molecule has 4 atom stereocenters. The van der Waals surface area contributed by atoms with Crippen LogP contribution in [0.5, 0.6) is 0 Å². The Labute approximate surface area is 158 Å². The van der Waals surface area contributed by atoms with Gasteiger partial charge in [0.1, 0.15) is 11.9 Å². The molecule has 0 aromatic heterocycles. The molecule has 2 aliphatic rings. The minimum Gasteiger partial charge on any atom is -0.339 e. The van der Waals surface area contributed by atoms with Gasteiger partial charge in [-0.3, -0.25) is 4.79 Å². The van der Waals surface area contributed by atoms with Crippen molar-refractivity contribution in [1.82, 2.24) is 10.6 Å². The highest BCUT2D eigenvalue weighted by molar-refractivity contribution is 5.83. The lowest BCUT2D eigenvalue weighted by molar-refractivity contribution is -0.124. The standard InChI is InChI=1S/C22H22FN3O/c23-20-12-15(14-4-2-1-3-5-14)6-7-16(20)10-19(13-24)26-22(27)21-17-8-9-18(11-17)25-21/h1-7,12,17-19,21,25H,8-11H2,(H,26,27)/t17-,18+,19-,21-/m0/s1. The van der Waals surface area contributed by atoms with Gasteiger partial charge in [0.2, 0.25) is 5.91 Å². The van der Waals surface area contributed by atoms with E-state index in [1.165, 1.54) is 6.07 Å². The molecule has 1 saturated heterocycles. The van der Waals surface area contributed by atoms with Gasteiger partial charge in [0, 0.05) is 12.5 Å². The predicted molar refractivity (Wildman–Crippen MR) is 101 cm³/mol. The number of amides is 1. The normalized spacial score (nSPS) is 24.4. The summed E-state index contributed by atoms with van der Waals surface area (Å²) in [5.41, 5.74) is 2.17. The first-order chi connectivity index (χ1) is 13.1. The molecule has 4 nitrogen and oxygen atoms in total. The highest BCUT2D eigenvalue weighted by atomic mass is 19.1. The van der Waals surface area contributed by atoms with Crippen molar-refractivity contribution in [2.75, 3.05) is 0 Å². The number of nitrogens with zero attached hydrogens (tertiary/aromatic N) is 1. The second kappa shape index (κ2) is 7.50. The Bertz CT molecular complexity index is 877. The van der Waals surface area contributed by atoms with Crippen LogP contribution in [0.3, 0.4) is 0 Å². The SMILES string of the molecule is N#C[C@H](Cc1ccc(-c2ccccc2)cc1F)NC(=O)[C@H]1N[C@@H]2CC[C@H]1C2. The van der Waals surface area contributed by atoms with Gasteiger partial charge in [-0.1, -0.05) is 42.5 Å². The molecule has 2 N–H and O–H groups in total. The summed E-state index contributed by atoms with van der Waals surface area (Å²) < 4.78 is 14.6. The van der Waals surface area contributed by atoms with E-state index in [9.17, 15) is 14.4 Å². The first-order valence-electron chi connectivity index (χ1n) is 9.44. The van der Waals surface area contributed by atoms with Gasteiger partial charge in [-0.05, 0) is 47.9 Å². The molecule has 138 valence electrons. The molecule has 0 radical (unpaired) electrons. The second-order valence-corrected chi connectivity index (χ2v) is 7.48. The average Bonchev–Trinajstić information content (AvgIpc) is 3.33. The van der Waals surface area contributed by atoms with E-state index in [2.05, 4.69) is 16.7 Å². The van der Waals surface area contributed by atoms with Crippen LogP contribution in [0.2, 0.25) is 0 Å². The van der Waals surface area contributed by atoms with E-state index in [1.807, 2.05) is 36.4 Å². The van der Waals surface area contributed by atoms with Crippen molar-refractivity contribution < 1.29 is 9.18 Å². The van der Waals surface area contributed by atoms with Crippen LogP contribution in [0.15, 0.2) is 48.5 Å². The quantitative estimate of drug-likeness (QED) is 0.857. The molecule has 2 fully saturated rings. The van der Waals surface area contributed by atoms with Crippen molar-refractivity contribution in [3.63, 3.8) is 0 Å². The average molecular weight is 363 g/mol. The van der Waals surface area contributed by atoms with Crippen molar-refractivity contribution in [3.8, 4) is 17.2 Å². The van der Waals surface area contributed by atoms with Gasteiger partial charge in [0.05, 0.1) is 12.1 Å². The summed E-state index contributed by atoms with van der Waals surface area (Å²) >= 11 is 0. The molecule has 1 amide bonds. The number of benzene rings is 2. The first kappa shape index (κ1) is 17.7. The van der Waals surface area contributed by atoms with E-state index in [4.69, 9.17) is 0 Å². The molecule has 2 aromatic rings. The van der Waals surface area contributed by atoms with Crippen molar-refractivity contribution in [2.24, 2.45) is 5.92 Å². The molecule has 2 bridgehead atoms. The zero-order valence-corrected chi connectivity index (χ0v) is 15.0. The molecule has 4 rings (SSSR count). The number of fused-ring (bicyclic) bond motifs is 2. The largest absolute Gasteiger partial charge is 0.339 e. The number of hydrogen-bond donors (Lipinski definition) is 2. The molecular weight excluding hydrogens is 341 g/mol. The number of piperidine rings is 1. The minimum atomic E-state index is -0.740. The molecule has 1 saturated carbocycles. The van der Waals surface area contributed by atoms with Crippen molar-refractivity contribution in [1.29, 1.82) is 5.26 Å². The summed E-state index contributed by atoms with van der Waals surface area (Å²) in [6.07, 6.45) is 3.37. The number of carbonyl (C=O) groups excluding carboxylic acids is 1. The summed E-state index contributed by atoms with van der Waals surface area (Å²) in [5.74, 6) is -0.143. The fourth-order valence-electron chi connectivity index (χ4n) is 4.28. The van der Waals surface area contributed by atoms with Crippen LogP contribution in [-0.2, 0) is 11.2 Å². The van der Waals surface area contributed by atoms with Crippen molar-refractivity contribution in [2.45, 2.75) is 43.8 Å². The molecule has 0 spiro atoms. The number of rotatable bonds is 5. The molecule has 0 unspecified atom stereocenters. The maximum absolute atomic E-state index is 14.6. The van der Waals surface area contributed by atoms with E-state index < -0.39 is 6.04 Å². The Kier molecular flexibility index (Phi) is 4.91. The van der Waals surface area contributed by atoms with E-state index in [0.717, 1.165) is 30.4 Å². The smallest absolute Gasteiger partial charge is 0.238 e.